The van der Waals surface area contributed by atoms with Gasteiger partial charge in [0.25, 0.3) is 0 Å². The number of hydrogen-bond acceptors (Lipinski definition) is 8. The predicted octanol–water partition coefficient (Wildman–Crippen LogP) is 14.1. The monoisotopic (exact) mass is 882 g/mol. The van der Waals surface area contributed by atoms with Crippen LogP contribution in [0, 0.1) is 0 Å². The molecule has 350 valence electrons. The lowest BCUT2D eigenvalue weighted by Crippen LogP contribution is -2.29. The molecule has 0 aromatic rings. The van der Waals surface area contributed by atoms with Crippen LogP contribution in [0.4, 0.5) is 0 Å². The minimum absolute atomic E-state index is 0.0429. The lowest BCUT2D eigenvalue weighted by atomic mass is 10.1. The summed E-state index contributed by atoms with van der Waals surface area (Å²) in [6.07, 6.45) is 64.3. The number of unbranched alkanes of at least 4 members (excludes halogenated alkanes) is 9. The maximum atomic E-state index is 12.5. The molecule has 0 aliphatic rings. The van der Waals surface area contributed by atoms with Crippen LogP contribution in [0.2, 0.25) is 0 Å². The second kappa shape index (κ2) is 46.9. The van der Waals surface area contributed by atoms with Crippen molar-refractivity contribution < 1.29 is 37.6 Å². The third-order valence-corrected chi connectivity index (χ3v) is 10.1. The zero-order valence-electron chi connectivity index (χ0n) is 38.5. The number of phosphoric ester groups is 1. The van der Waals surface area contributed by atoms with Crippen molar-refractivity contribution in [2.24, 2.45) is 5.73 Å². The summed E-state index contributed by atoms with van der Waals surface area (Å²) < 4.78 is 32.6. The first-order valence-corrected chi connectivity index (χ1v) is 25.0. The van der Waals surface area contributed by atoms with Crippen molar-refractivity contribution in [1.29, 1.82) is 0 Å². The summed E-state index contributed by atoms with van der Waals surface area (Å²) in [7, 11) is -4.38. The predicted molar refractivity (Wildman–Crippen MR) is 261 cm³/mol. The number of nitrogens with two attached hydrogens (primary N) is 1. The molecule has 0 aromatic heterocycles. The van der Waals surface area contributed by atoms with E-state index < -0.39 is 32.5 Å². The van der Waals surface area contributed by atoms with Gasteiger partial charge in [-0.05, 0) is 89.9 Å². The maximum Gasteiger partial charge on any atom is 0.472 e. The van der Waals surface area contributed by atoms with Gasteiger partial charge in [-0.15, -0.1) is 0 Å². The number of carbonyl (C=O) groups excluding carboxylic acids is 2. The summed E-state index contributed by atoms with van der Waals surface area (Å²) in [6.45, 7) is 3.48. The zero-order valence-corrected chi connectivity index (χ0v) is 39.4. The molecule has 0 amide bonds. The van der Waals surface area contributed by atoms with Gasteiger partial charge in [0.15, 0.2) is 6.10 Å². The van der Waals surface area contributed by atoms with E-state index in [0.29, 0.717) is 6.42 Å². The molecule has 0 radical (unpaired) electrons. The molecule has 0 spiro atoms. The van der Waals surface area contributed by atoms with E-state index in [1.165, 1.54) is 6.42 Å². The molecule has 0 rings (SSSR count). The SMILES string of the molecule is CC/C=C\C/C=C\C/C=C\C/C=C\C/C=C\C/C=C\C/C=C\C/C=C\C/C=C\C/C=C\CCCCCCC(=O)OC(COC(=O)CCCCCCCC)COP(=O)(O)OCCN. The minimum atomic E-state index is -4.38. The second-order valence-electron chi connectivity index (χ2n) is 14.9. The Hall–Kier alpha value is -3.59. The maximum absolute atomic E-state index is 12.5. The first-order chi connectivity index (χ1) is 30.3. The molecule has 10 heteroatoms. The van der Waals surface area contributed by atoms with Gasteiger partial charge in [-0.1, -0.05) is 180 Å². The first-order valence-electron chi connectivity index (χ1n) is 23.5. The number of phosphoric acid groups is 1. The van der Waals surface area contributed by atoms with E-state index in [0.717, 1.165) is 122 Å². The summed E-state index contributed by atoms with van der Waals surface area (Å²) in [5.41, 5.74) is 5.33. The third-order valence-electron chi connectivity index (χ3n) is 9.11. The van der Waals surface area contributed by atoms with Gasteiger partial charge in [0, 0.05) is 19.4 Å². The van der Waals surface area contributed by atoms with Crippen LogP contribution >= 0.6 is 7.82 Å². The van der Waals surface area contributed by atoms with E-state index in [4.69, 9.17) is 24.3 Å². The van der Waals surface area contributed by atoms with Gasteiger partial charge in [-0.3, -0.25) is 18.6 Å². The molecule has 0 bridgehead atoms. The average Bonchev–Trinajstić information content (AvgIpc) is 3.26. The Kier molecular flexibility index (Phi) is 44.2. The van der Waals surface area contributed by atoms with Gasteiger partial charge in [0.05, 0.1) is 13.2 Å². The second-order valence-corrected chi connectivity index (χ2v) is 16.3. The van der Waals surface area contributed by atoms with E-state index in [9.17, 15) is 19.0 Å². The molecule has 0 aliphatic carbocycles. The Labute approximate surface area is 377 Å². The normalized spacial score (nSPS) is 14.3. The highest BCUT2D eigenvalue weighted by Gasteiger charge is 2.26. The van der Waals surface area contributed by atoms with Gasteiger partial charge in [-0.25, -0.2) is 4.57 Å². The Morgan fingerprint density at radius 3 is 1.32 bits per heavy atom. The summed E-state index contributed by atoms with van der Waals surface area (Å²) >= 11 is 0. The van der Waals surface area contributed by atoms with E-state index in [-0.39, 0.29) is 32.6 Å². The smallest absolute Gasteiger partial charge is 0.462 e. The molecule has 0 aliphatic heterocycles. The zero-order chi connectivity index (χ0) is 45.3. The van der Waals surface area contributed by atoms with Crippen molar-refractivity contribution >= 4 is 19.8 Å². The van der Waals surface area contributed by atoms with E-state index in [2.05, 4.69) is 135 Å². The van der Waals surface area contributed by atoms with Crippen LogP contribution in [0.3, 0.4) is 0 Å². The number of esters is 2. The van der Waals surface area contributed by atoms with Crippen molar-refractivity contribution in [3.63, 3.8) is 0 Å². The molecule has 3 N–H and O–H groups in total. The summed E-state index contributed by atoms with van der Waals surface area (Å²) in [4.78, 5) is 34.6. The average molecular weight is 882 g/mol. The Morgan fingerprint density at radius 2 is 0.887 bits per heavy atom. The molecule has 0 fully saturated rings. The Morgan fingerprint density at radius 1 is 0.500 bits per heavy atom. The molecule has 2 atom stereocenters. The van der Waals surface area contributed by atoms with E-state index in [1.54, 1.807) is 0 Å². The fraction of sp³-hybridized carbons (Fsp3) is 0.577. The van der Waals surface area contributed by atoms with Crippen molar-refractivity contribution in [2.45, 2.75) is 168 Å². The highest BCUT2D eigenvalue weighted by molar-refractivity contribution is 7.47. The quantitative estimate of drug-likeness (QED) is 0.0266. The third kappa shape index (κ3) is 45.9. The molecule has 0 saturated heterocycles. The number of allylic oxidation sites excluding steroid dienone is 20. The van der Waals surface area contributed by atoms with Gasteiger partial charge >= 0.3 is 19.8 Å². The minimum Gasteiger partial charge on any atom is -0.462 e. The van der Waals surface area contributed by atoms with Crippen LogP contribution in [0.1, 0.15) is 162 Å². The molecule has 2 unspecified atom stereocenters. The fourth-order valence-electron chi connectivity index (χ4n) is 5.66. The molecule has 0 aromatic carbocycles. The summed E-state index contributed by atoms with van der Waals surface area (Å²) in [5.74, 6) is -0.880. The van der Waals surface area contributed by atoms with Crippen molar-refractivity contribution in [3.05, 3.63) is 122 Å². The number of ether oxygens (including phenoxy) is 2. The highest BCUT2D eigenvalue weighted by atomic mass is 31.2. The molecule has 9 nitrogen and oxygen atoms in total. The number of carbonyl (C=O) groups is 2. The van der Waals surface area contributed by atoms with Crippen LogP contribution < -0.4 is 5.73 Å². The largest absolute Gasteiger partial charge is 0.472 e. The summed E-state index contributed by atoms with van der Waals surface area (Å²) in [6, 6.07) is 0. The van der Waals surface area contributed by atoms with Crippen LogP contribution in [0.15, 0.2) is 122 Å². The van der Waals surface area contributed by atoms with E-state index >= 15 is 0 Å². The van der Waals surface area contributed by atoms with Crippen LogP contribution in [-0.4, -0.2) is 49.3 Å². The molecular formula is C52H84NO8P. The lowest BCUT2D eigenvalue weighted by Gasteiger charge is -2.19. The Bertz CT molecular complexity index is 1420. The fourth-order valence-corrected chi connectivity index (χ4v) is 6.43. The van der Waals surface area contributed by atoms with E-state index in [1.807, 2.05) is 0 Å². The number of hydrogen-bond donors (Lipinski definition) is 2. The topological polar surface area (TPSA) is 134 Å². The van der Waals surface area contributed by atoms with Crippen LogP contribution in [0.25, 0.3) is 0 Å². The highest BCUT2D eigenvalue weighted by Crippen LogP contribution is 2.43. The molecule has 0 saturated carbocycles. The summed E-state index contributed by atoms with van der Waals surface area (Å²) in [5, 5.41) is 0. The van der Waals surface area contributed by atoms with Crippen molar-refractivity contribution in [1.82, 2.24) is 0 Å². The molecule has 62 heavy (non-hydrogen) atoms. The van der Waals surface area contributed by atoms with Gasteiger partial charge in [0.1, 0.15) is 6.61 Å². The molecule has 0 heterocycles. The first kappa shape index (κ1) is 58.4. The van der Waals surface area contributed by atoms with Crippen molar-refractivity contribution in [3.8, 4) is 0 Å². The van der Waals surface area contributed by atoms with Crippen LogP contribution in [-0.2, 0) is 32.7 Å². The van der Waals surface area contributed by atoms with Gasteiger partial charge in [-0.2, -0.15) is 0 Å². The Balaban J connectivity index is 4.03. The van der Waals surface area contributed by atoms with Gasteiger partial charge in [0.2, 0.25) is 0 Å². The lowest BCUT2D eigenvalue weighted by molar-refractivity contribution is -0.161. The van der Waals surface area contributed by atoms with Crippen molar-refractivity contribution in [2.75, 3.05) is 26.4 Å². The molecular weight excluding hydrogens is 798 g/mol. The van der Waals surface area contributed by atoms with Crippen LogP contribution in [0.5, 0.6) is 0 Å². The standard InChI is InChI=1S/C52H84NO8P/c1-3-5-7-9-11-12-13-14-15-16-17-18-19-20-21-22-23-24-25-26-27-28-29-30-31-32-33-34-35-36-37-38-39-41-43-45-52(55)61-50(49-60-62(56,57)59-47-46-53)48-58-51(54)44-42-40-10-8-6-4-2/h5,7,11-12,14-15,17-18,20-21,23-24,26-27,29-30,32-33,35-36,50H,3-4,6,8-10,13,16,19,22,25,28,31,34,37-49,53H2,1-2H3,(H,56,57)/b7-5-,12-11-,15-14-,18-17-,21-20-,24-23-,27-26-,30-29-,33-32-,36-35-. The number of rotatable bonds is 42. The van der Waals surface area contributed by atoms with Gasteiger partial charge < -0.3 is 20.1 Å².